The van der Waals surface area contributed by atoms with E-state index in [2.05, 4.69) is 10.2 Å². The van der Waals surface area contributed by atoms with Crippen LogP contribution in [-0.2, 0) is 4.79 Å². The Morgan fingerprint density at radius 2 is 1.94 bits per heavy atom. The van der Waals surface area contributed by atoms with Gasteiger partial charge >= 0.3 is 0 Å². The number of nitrogens with zero attached hydrogens (tertiary/aromatic N) is 1. The molecule has 0 bridgehead atoms. The summed E-state index contributed by atoms with van der Waals surface area (Å²) in [4.78, 5) is 14.2. The summed E-state index contributed by atoms with van der Waals surface area (Å²) in [5.41, 5.74) is 0.535. The first-order valence-corrected chi connectivity index (χ1v) is 7.26. The number of rotatable bonds is 2. The van der Waals surface area contributed by atoms with E-state index in [9.17, 15) is 4.79 Å². The van der Waals surface area contributed by atoms with Crippen molar-refractivity contribution < 1.29 is 4.79 Å². The molecule has 0 unspecified atom stereocenters. The third kappa shape index (κ3) is 2.83. The smallest absolute Gasteiger partial charge is 0.222 e. The quantitative estimate of drug-likeness (QED) is 0.836. The first kappa shape index (κ1) is 14.1. The summed E-state index contributed by atoms with van der Waals surface area (Å²) in [6, 6.07) is 0. The van der Waals surface area contributed by atoms with E-state index < -0.39 is 0 Å². The Labute approximate surface area is 116 Å². The molecule has 0 aromatic heterocycles. The van der Waals surface area contributed by atoms with Crippen LogP contribution in [0.1, 0.15) is 44.9 Å². The molecule has 104 valence electrons. The zero-order valence-electron chi connectivity index (χ0n) is 11.1. The highest BCUT2D eigenvalue weighted by atomic mass is 35.5. The van der Waals surface area contributed by atoms with Crippen LogP contribution in [-0.4, -0.2) is 37.0 Å². The maximum absolute atomic E-state index is 12.1. The lowest BCUT2D eigenvalue weighted by molar-refractivity contribution is -0.135. The molecule has 1 amide bonds. The Bertz CT molecular complexity index is 288. The van der Waals surface area contributed by atoms with Crippen molar-refractivity contribution in [3.8, 4) is 0 Å². The number of hydrogen-bond donors (Lipinski definition) is 1. The number of carbonyl (C=O) groups is 1. The molecule has 1 N–H and O–H groups in total. The monoisotopic (exact) mass is 272 g/mol. The Kier molecular flexibility index (Phi) is 4.54. The molecule has 0 atom stereocenters. The molecule has 18 heavy (non-hydrogen) atoms. The van der Waals surface area contributed by atoms with Gasteiger partial charge in [0.05, 0.1) is 0 Å². The number of hydrogen-bond acceptors (Lipinski definition) is 2. The van der Waals surface area contributed by atoms with E-state index in [0.717, 1.165) is 19.5 Å². The molecule has 1 saturated carbocycles. The molecule has 4 heteroatoms. The third-order valence-corrected chi connectivity index (χ3v) is 5.20. The predicted octanol–water partition coefficient (Wildman–Crippen LogP) is 2.20. The van der Waals surface area contributed by atoms with Gasteiger partial charge in [0.25, 0.3) is 0 Å². The average molecular weight is 273 g/mol. The van der Waals surface area contributed by atoms with Crippen LogP contribution in [0.5, 0.6) is 0 Å². The number of piperidine rings is 1. The van der Waals surface area contributed by atoms with Gasteiger partial charge in [-0.3, -0.25) is 4.79 Å². The van der Waals surface area contributed by atoms with Gasteiger partial charge in [0.2, 0.25) is 5.91 Å². The van der Waals surface area contributed by atoms with Crippen molar-refractivity contribution in [3.05, 3.63) is 0 Å². The average Bonchev–Trinajstić information content (AvgIpc) is 2.73. The third-order valence-electron chi connectivity index (χ3n) is 5.20. The number of amides is 1. The van der Waals surface area contributed by atoms with E-state index in [4.69, 9.17) is 0 Å². The highest BCUT2D eigenvalue weighted by molar-refractivity contribution is 5.85. The van der Waals surface area contributed by atoms with Gasteiger partial charge in [-0.05, 0) is 50.0 Å². The van der Waals surface area contributed by atoms with Crippen LogP contribution in [0, 0.1) is 11.3 Å². The molecular formula is C14H25ClN2O. The van der Waals surface area contributed by atoms with E-state index >= 15 is 0 Å². The SMILES string of the molecule is Cl.O=C(CC1CCC1)N1CCC2(CCNC2)CC1. The molecule has 2 saturated heterocycles. The Hall–Kier alpha value is -0.280. The molecule has 3 fully saturated rings. The molecule has 0 aromatic carbocycles. The van der Waals surface area contributed by atoms with Gasteiger partial charge in [-0.1, -0.05) is 6.42 Å². The highest BCUT2D eigenvalue weighted by Gasteiger charge is 2.38. The fraction of sp³-hybridized carbons (Fsp3) is 0.929. The molecule has 2 heterocycles. The van der Waals surface area contributed by atoms with Gasteiger partial charge < -0.3 is 10.2 Å². The molecule has 2 aliphatic heterocycles. The molecule has 0 aromatic rings. The number of likely N-dealkylation sites (tertiary alicyclic amines) is 1. The van der Waals surface area contributed by atoms with Crippen LogP contribution in [0.15, 0.2) is 0 Å². The summed E-state index contributed by atoms with van der Waals surface area (Å²) >= 11 is 0. The normalized spacial score (nSPS) is 26.8. The first-order chi connectivity index (χ1) is 8.27. The minimum absolute atomic E-state index is 0. The molecule has 1 aliphatic carbocycles. The first-order valence-electron chi connectivity index (χ1n) is 7.26. The lowest BCUT2D eigenvalue weighted by Gasteiger charge is -2.39. The second kappa shape index (κ2) is 5.79. The lowest BCUT2D eigenvalue weighted by Crippen LogP contribution is -2.44. The standard InChI is InChI=1S/C14H24N2O.ClH/c17-13(10-12-2-1-3-12)16-8-5-14(6-9-16)4-7-15-11-14;/h12,15H,1-11H2;1H. The minimum Gasteiger partial charge on any atom is -0.343 e. The topological polar surface area (TPSA) is 32.3 Å². The zero-order chi connectivity index (χ0) is 11.7. The molecule has 3 aliphatic rings. The van der Waals surface area contributed by atoms with Crippen molar-refractivity contribution in [2.45, 2.75) is 44.9 Å². The summed E-state index contributed by atoms with van der Waals surface area (Å²) in [5.74, 6) is 1.14. The fourth-order valence-corrected chi connectivity index (χ4v) is 3.53. The maximum atomic E-state index is 12.1. The second-order valence-corrected chi connectivity index (χ2v) is 6.31. The van der Waals surface area contributed by atoms with Crippen LogP contribution in [0.4, 0.5) is 0 Å². The molecular weight excluding hydrogens is 248 g/mol. The molecule has 1 spiro atoms. The lowest BCUT2D eigenvalue weighted by atomic mass is 9.77. The van der Waals surface area contributed by atoms with Crippen molar-refractivity contribution in [3.63, 3.8) is 0 Å². The van der Waals surface area contributed by atoms with Crippen LogP contribution in [0.3, 0.4) is 0 Å². The van der Waals surface area contributed by atoms with E-state index in [0.29, 0.717) is 17.2 Å². The zero-order valence-corrected chi connectivity index (χ0v) is 11.9. The van der Waals surface area contributed by atoms with E-state index in [1.54, 1.807) is 0 Å². The summed E-state index contributed by atoms with van der Waals surface area (Å²) in [5, 5.41) is 3.47. The second-order valence-electron chi connectivity index (χ2n) is 6.31. The minimum atomic E-state index is 0. The summed E-state index contributed by atoms with van der Waals surface area (Å²) < 4.78 is 0. The van der Waals surface area contributed by atoms with Crippen molar-refractivity contribution in [2.24, 2.45) is 11.3 Å². The Balaban J connectivity index is 0.00000120. The fourth-order valence-electron chi connectivity index (χ4n) is 3.53. The number of nitrogens with one attached hydrogen (secondary N) is 1. The van der Waals surface area contributed by atoms with Crippen LogP contribution >= 0.6 is 12.4 Å². The summed E-state index contributed by atoms with van der Waals surface area (Å²) in [6.45, 7) is 4.37. The van der Waals surface area contributed by atoms with E-state index in [1.165, 1.54) is 51.6 Å². The van der Waals surface area contributed by atoms with E-state index in [1.807, 2.05) is 0 Å². The molecule has 3 rings (SSSR count). The van der Waals surface area contributed by atoms with Gasteiger partial charge in [0.1, 0.15) is 0 Å². The highest BCUT2D eigenvalue weighted by Crippen LogP contribution is 2.37. The van der Waals surface area contributed by atoms with Gasteiger partial charge in [0.15, 0.2) is 0 Å². The van der Waals surface area contributed by atoms with Crippen LogP contribution in [0.2, 0.25) is 0 Å². The molecule has 0 radical (unpaired) electrons. The van der Waals surface area contributed by atoms with Crippen molar-refractivity contribution in [1.29, 1.82) is 0 Å². The predicted molar refractivity (Wildman–Crippen MR) is 74.9 cm³/mol. The van der Waals surface area contributed by atoms with Crippen molar-refractivity contribution in [2.75, 3.05) is 26.2 Å². The summed E-state index contributed by atoms with van der Waals surface area (Å²) in [6.07, 6.45) is 8.49. The number of carbonyl (C=O) groups excluding carboxylic acids is 1. The Morgan fingerprint density at radius 1 is 1.22 bits per heavy atom. The van der Waals surface area contributed by atoms with Crippen LogP contribution in [0.25, 0.3) is 0 Å². The van der Waals surface area contributed by atoms with Gasteiger partial charge in [-0.2, -0.15) is 0 Å². The van der Waals surface area contributed by atoms with Gasteiger partial charge in [0, 0.05) is 26.1 Å². The molecule has 3 nitrogen and oxygen atoms in total. The summed E-state index contributed by atoms with van der Waals surface area (Å²) in [7, 11) is 0. The van der Waals surface area contributed by atoms with Crippen molar-refractivity contribution in [1.82, 2.24) is 10.2 Å². The van der Waals surface area contributed by atoms with Gasteiger partial charge in [-0.15, -0.1) is 12.4 Å². The van der Waals surface area contributed by atoms with Crippen LogP contribution < -0.4 is 5.32 Å². The Morgan fingerprint density at radius 3 is 2.44 bits per heavy atom. The van der Waals surface area contributed by atoms with Gasteiger partial charge in [-0.25, -0.2) is 0 Å². The number of halogens is 1. The largest absolute Gasteiger partial charge is 0.343 e. The maximum Gasteiger partial charge on any atom is 0.222 e. The van der Waals surface area contributed by atoms with E-state index in [-0.39, 0.29) is 12.4 Å². The van der Waals surface area contributed by atoms with Crippen molar-refractivity contribution >= 4 is 18.3 Å².